The Labute approximate surface area is 124 Å². The molecule has 1 aromatic heterocycles. The Morgan fingerprint density at radius 3 is 2.72 bits per heavy atom. The second-order valence-corrected chi connectivity index (χ2v) is 7.88. The Kier molecular flexibility index (Phi) is 4.71. The van der Waals surface area contributed by atoms with Gasteiger partial charge in [0.05, 0.1) is 5.52 Å². The van der Waals surface area contributed by atoms with Crippen molar-refractivity contribution in [2.24, 2.45) is 0 Å². The number of hydrogen-bond acceptors (Lipinski definition) is 3. The Bertz CT molecular complexity index is 646. The molecule has 0 unspecified atom stereocenters. The van der Waals surface area contributed by atoms with Crippen molar-refractivity contribution in [3.63, 3.8) is 0 Å². The second kappa shape index (κ2) is 6.10. The molecule has 5 heteroatoms. The highest BCUT2D eigenvalue weighted by Crippen LogP contribution is 2.31. The average molecular weight is 386 g/mol. The lowest BCUT2D eigenvalue weighted by Crippen LogP contribution is -2.09. The van der Waals surface area contributed by atoms with E-state index in [1.807, 2.05) is 18.2 Å². The number of rotatable bonds is 1. The van der Waals surface area contributed by atoms with Crippen LogP contribution < -0.4 is 11.0 Å². The van der Waals surface area contributed by atoms with Crippen molar-refractivity contribution in [3.8, 4) is 11.2 Å². The first-order valence-corrected chi connectivity index (χ1v) is 10.9. The van der Waals surface area contributed by atoms with E-state index in [0.717, 1.165) is 22.3 Å². The van der Waals surface area contributed by atoms with Crippen LogP contribution in [0.15, 0.2) is 24.3 Å². The van der Waals surface area contributed by atoms with Crippen molar-refractivity contribution in [1.82, 2.24) is 4.98 Å². The van der Waals surface area contributed by atoms with Gasteiger partial charge < -0.3 is 5.73 Å². The number of nitrogens with zero attached hydrogens (tertiary/aromatic N) is 1. The maximum absolute atomic E-state index is 6.06. The minimum Gasteiger partial charge on any atom is -0.398 e. The van der Waals surface area contributed by atoms with Gasteiger partial charge in [0.1, 0.15) is 5.69 Å². The predicted octanol–water partition coefficient (Wildman–Crippen LogP) is 3.58. The largest absolute Gasteiger partial charge is 0.398 e. The van der Waals surface area contributed by atoms with E-state index < -0.39 is 0 Å². The SMILES string of the molecule is CP(C)c1c(N)ccc2nc(C#CSI)ccc12. The number of nitrogen functional groups attached to an aromatic ring is 1. The van der Waals surface area contributed by atoms with Crippen LogP contribution in [0.3, 0.4) is 0 Å². The predicted molar refractivity (Wildman–Crippen MR) is 93.0 cm³/mol. The molecular formula is C13H12IN2PS. The lowest BCUT2D eigenvalue weighted by molar-refractivity contribution is 1.37. The van der Waals surface area contributed by atoms with E-state index in [1.165, 1.54) is 14.2 Å². The molecule has 92 valence electrons. The van der Waals surface area contributed by atoms with Gasteiger partial charge in [0, 0.05) is 37.6 Å². The van der Waals surface area contributed by atoms with Gasteiger partial charge in [0.2, 0.25) is 0 Å². The van der Waals surface area contributed by atoms with E-state index in [-0.39, 0.29) is 7.92 Å². The third kappa shape index (κ3) is 2.90. The van der Waals surface area contributed by atoms with Gasteiger partial charge in [-0.2, -0.15) is 0 Å². The van der Waals surface area contributed by atoms with E-state index in [2.05, 4.69) is 56.8 Å². The molecule has 0 bridgehead atoms. The fraction of sp³-hybridized carbons (Fsp3) is 0.154. The van der Waals surface area contributed by atoms with Gasteiger partial charge in [-0.3, -0.25) is 0 Å². The van der Waals surface area contributed by atoms with Crippen LogP contribution in [-0.2, 0) is 0 Å². The Balaban J connectivity index is 2.63. The quantitative estimate of drug-likeness (QED) is 0.353. The molecule has 0 aliphatic carbocycles. The van der Waals surface area contributed by atoms with Crippen LogP contribution in [0.5, 0.6) is 0 Å². The van der Waals surface area contributed by atoms with E-state index in [9.17, 15) is 0 Å². The van der Waals surface area contributed by atoms with Crippen LogP contribution in [0.1, 0.15) is 5.69 Å². The molecule has 2 aromatic rings. The highest BCUT2D eigenvalue weighted by Gasteiger charge is 2.09. The smallest absolute Gasteiger partial charge is 0.114 e. The first kappa shape index (κ1) is 13.9. The van der Waals surface area contributed by atoms with E-state index in [4.69, 9.17) is 5.73 Å². The zero-order chi connectivity index (χ0) is 13.1. The number of anilines is 1. The normalized spacial score (nSPS) is 10.4. The van der Waals surface area contributed by atoms with E-state index in [1.54, 1.807) is 0 Å². The molecule has 0 aliphatic rings. The Morgan fingerprint density at radius 2 is 2.06 bits per heavy atom. The second-order valence-electron chi connectivity index (χ2n) is 3.97. The molecule has 18 heavy (non-hydrogen) atoms. The van der Waals surface area contributed by atoms with Gasteiger partial charge in [0.25, 0.3) is 0 Å². The standard InChI is InChI=1S/C13H12IN2PS/c1-17(2)13-10-4-3-9(7-8-18-14)16-12(10)6-5-11(13)15/h3-6H,15H2,1-2H3. The minimum absolute atomic E-state index is 0.243. The number of hydrogen-bond donors (Lipinski definition) is 1. The molecule has 2 N–H and O–H groups in total. The number of pyridine rings is 1. The molecule has 0 saturated heterocycles. The molecule has 0 aliphatic heterocycles. The van der Waals surface area contributed by atoms with Crippen LogP contribution in [0, 0.1) is 11.2 Å². The molecular weight excluding hydrogens is 374 g/mol. The van der Waals surface area contributed by atoms with Crippen LogP contribution in [-0.4, -0.2) is 18.3 Å². The van der Waals surface area contributed by atoms with Crippen LogP contribution in [0.4, 0.5) is 5.69 Å². The summed E-state index contributed by atoms with van der Waals surface area (Å²) in [7, 11) is 1.22. The van der Waals surface area contributed by atoms with Gasteiger partial charge in [-0.25, -0.2) is 4.98 Å². The molecule has 1 aromatic carbocycles. The third-order valence-electron chi connectivity index (χ3n) is 2.54. The number of aromatic nitrogens is 1. The third-order valence-corrected chi connectivity index (χ3v) is 4.77. The van der Waals surface area contributed by atoms with Crippen molar-refractivity contribution in [2.75, 3.05) is 19.1 Å². The minimum atomic E-state index is -0.243. The summed E-state index contributed by atoms with van der Waals surface area (Å²) in [6, 6.07) is 7.95. The number of halogens is 1. The van der Waals surface area contributed by atoms with Crippen LogP contribution >= 0.6 is 38.1 Å². The van der Waals surface area contributed by atoms with Crippen LogP contribution in [0.25, 0.3) is 10.9 Å². The molecule has 1 heterocycles. The summed E-state index contributed by atoms with van der Waals surface area (Å²) in [5.41, 5.74) is 8.70. The summed E-state index contributed by atoms with van der Waals surface area (Å²) in [4.78, 5) is 4.56. The summed E-state index contributed by atoms with van der Waals surface area (Å²) in [6.07, 6.45) is 0. The van der Waals surface area contributed by atoms with Crippen molar-refractivity contribution in [1.29, 1.82) is 0 Å². The van der Waals surface area contributed by atoms with Crippen molar-refractivity contribution in [2.45, 2.75) is 0 Å². The summed E-state index contributed by atoms with van der Waals surface area (Å²) < 4.78 is 0. The van der Waals surface area contributed by atoms with Crippen molar-refractivity contribution in [3.05, 3.63) is 30.0 Å². The van der Waals surface area contributed by atoms with Gasteiger partial charge in [0.15, 0.2) is 0 Å². The van der Waals surface area contributed by atoms with Crippen molar-refractivity contribution >= 4 is 60.0 Å². The zero-order valence-corrected chi connectivity index (χ0v) is 13.9. The molecule has 0 atom stereocenters. The van der Waals surface area contributed by atoms with Gasteiger partial charge in [-0.15, -0.1) is 0 Å². The maximum Gasteiger partial charge on any atom is 0.114 e. The highest BCUT2D eigenvalue weighted by molar-refractivity contribution is 14.2. The number of benzene rings is 1. The molecule has 0 amide bonds. The number of fused-ring (bicyclic) bond motifs is 1. The lowest BCUT2D eigenvalue weighted by Gasteiger charge is -2.13. The zero-order valence-electron chi connectivity index (χ0n) is 10.1. The fourth-order valence-electron chi connectivity index (χ4n) is 1.85. The molecule has 0 fully saturated rings. The van der Waals surface area contributed by atoms with Gasteiger partial charge in [-0.05, 0) is 57.7 Å². The first-order valence-electron chi connectivity index (χ1n) is 5.28. The topological polar surface area (TPSA) is 38.9 Å². The van der Waals surface area contributed by atoms with Crippen LogP contribution in [0.2, 0.25) is 0 Å². The van der Waals surface area contributed by atoms with Gasteiger partial charge in [-0.1, -0.05) is 7.92 Å². The summed E-state index contributed by atoms with van der Waals surface area (Å²) in [5.74, 6) is 3.02. The van der Waals surface area contributed by atoms with E-state index >= 15 is 0 Å². The molecule has 2 rings (SSSR count). The summed E-state index contributed by atoms with van der Waals surface area (Å²) >= 11 is 2.15. The summed E-state index contributed by atoms with van der Waals surface area (Å²) in [5, 5.41) is 5.33. The number of nitrogens with two attached hydrogens (primary N) is 1. The average Bonchev–Trinajstić information content (AvgIpc) is 2.35. The Hall–Kier alpha value is -0.500. The molecule has 0 radical (unpaired) electrons. The summed E-state index contributed by atoms with van der Waals surface area (Å²) in [6.45, 7) is 4.42. The Morgan fingerprint density at radius 1 is 1.28 bits per heavy atom. The molecule has 0 spiro atoms. The monoisotopic (exact) mass is 386 g/mol. The van der Waals surface area contributed by atoms with Gasteiger partial charge >= 0.3 is 0 Å². The fourth-order valence-corrected chi connectivity index (χ4v) is 3.58. The van der Waals surface area contributed by atoms with E-state index in [0.29, 0.717) is 0 Å². The highest BCUT2D eigenvalue weighted by atomic mass is 127. The maximum atomic E-state index is 6.06. The van der Waals surface area contributed by atoms with Crippen molar-refractivity contribution < 1.29 is 0 Å². The first-order chi connectivity index (χ1) is 8.63. The molecule has 0 saturated carbocycles. The molecule has 2 nitrogen and oxygen atoms in total. The lowest BCUT2D eigenvalue weighted by atomic mass is 10.2.